The first-order valence-corrected chi connectivity index (χ1v) is 11.4. The molecule has 35 heavy (non-hydrogen) atoms. The number of hydrogen-bond donors (Lipinski definition) is 1. The summed E-state index contributed by atoms with van der Waals surface area (Å²) in [4.78, 5) is 39.7. The van der Waals surface area contributed by atoms with Gasteiger partial charge in [-0.1, -0.05) is 30.9 Å². The van der Waals surface area contributed by atoms with Crippen LogP contribution in [0.3, 0.4) is 0 Å². The van der Waals surface area contributed by atoms with Crippen LogP contribution in [0.25, 0.3) is 0 Å². The molecule has 1 atom stereocenters. The Bertz CT molecular complexity index is 1120. The molecule has 1 heterocycles. The lowest BCUT2D eigenvalue weighted by Crippen LogP contribution is -2.48. The predicted molar refractivity (Wildman–Crippen MR) is 127 cm³/mol. The molecule has 2 aromatic rings. The second-order valence-corrected chi connectivity index (χ2v) is 8.60. The Morgan fingerprint density at radius 3 is 2.09 bits per heavy atom. The quantitative estimate of drug-likeness (QED) is 0.463. The third kappa shape index (κ3) is 6.81. The summed E-state index contributed by atoms with van der Waals surface area (Å²) in [6, 6.07) is 12.6. The average molecular weight is 483 g/mol. The number of rotatable bonds is 8. The summed E-state index contributed by atoms with van der Waals surface area (Å²) in [6.07, 6.45) is -0.0345. The predicted octanol–water partition coefficient (Wildman–Crippen LogP) is 2.91. The van der Waals surface area contributed by atoms with Gasteiger partial charge < -0.3 is 10.0 Å². The van der Waals surface area contributed by atoms with Crippen LogP contribution in [-0.4, -0.2) is 71.1 Å². The Kier molecular flexibility index (Phi) is 8.49. The molecule has 0 aliphatic carbocycles. The van der Waals surface area contributed by atoms with Crippen LogP contribution >= 0.6 is 0 Å². The van der Waals surface area contributed by atoms with Crippen molar-refractivity contribution in [3.63, 3.8) is 0 Å². The van der Waals surface area contributed by atoms with Gasteiger partial charge in [0.05, 0.1) is 6.54 Å². The lowest BCUT2D eigenvalue weighted by Gasteiger charge is -2.25. The van der Waals surface area contributed by atoms with Crippen LogP contribution in [0.4, 0.5) is 8.78 Å². The summed E-state index contributed by atoms with van der Waals surface area (Å²) in [7, 11) is 1.36. The molecule has 1 unspecified atom stereocenters. The monoisotopic (exact) mass is 482 g/mol. The Hall–Kier alpha value is -3.41. The van der Waals surface area contributed by atoms with Crippen molar-refractivity contribution in [2.24, 2.45) is 0 Å². The zero-order valence-corrected chi connectivity index (χ0v) is 19.8. The number of ketones is 2. The number of aliphatic hydroxyl groups is 1. The van der Waals surface area contributed by atoms with Crippen LogP contribution in [0.15, 0.2) is 48.5 Å². The lowest BCUT2D eigenvalue weighted by atomic mass is 10.0. The second-order valence-electron chi connectivity index (χ2n) is 8.60. The number of hydrogen-bond acceptors (Lipinski definition) is 5. The summed E-state index contributed by atoms with van der Waals surface area (Å²) in [5, 5.41) is 9.15. The molecule has 3 rings (SSSR count). The molecule has 1 amide bonds. The Labute approximate surface area is 203 Å². The first-order chi connectivity index (χ1) is 16.6. The van der Waals surface area contributed by atoms with Crippen LogP contribution in [0.2, 0.25) is 0 Å². The van der Waals surface area contributed by atoms with Crippen molar-refractivity contribution in [1.29, 1.82) is 0 Å². The molecule has 184 valence electrons. The van der Waals surface area contributed by atoms with E-state index in [1.54, 1.807) is 36.1 Å². The number of amides is 1. The number of Topliss-reactive ketones (excluding diaryl/α,β-unsaturated/α-hetero) is 2. The summed E-state index contributed by atoms with van der Waals surface area (Å²) in [5.41, 5.74) is 2.67. The molecule has 0 spiro atoms. The zero-order valence-electron chi connectivity index (χ0n) is 19.8. The molecule has 1 N–H and O–H groups in total. The molecule has 0 bridgehead atoms. The van der Waals surface area contributed by atoms with E-state index in [-0.39, 0.29) is 24.9 Å². The van der Waals surface area contributed by atoms with Crippen molar-refractivity contribution in [2.75, 3.05) is 26.7 Å². The van der Waals surface area contributed by atoms with E-state index in [1.165, 1.54) is 7.05 Å². The van der Waals surface area contributed by atoms with Crippen molar-refractivity contribution in [1.82, 2.24) is 9.80 Å². The number of aliphatic hydroxyl groups excluding tert-OH is 1. The van der Waals surface area contributed by atoms with Crippen molar-refractivity contribution in [3.8, 4) is 11.8 Å². The molecule has 1 aliphatic rings. The average Bonchev–Trinajstić information content (AvgIpc) is 3.20. The molecule has 0 saturated carbocycles. The summed E-state index contributed by atoms with van der Waals surface area (Å²) in [5.74, 6) is 1.77. The van der Waals surface area contributed by atoms with Gasteiger partial charge in [-0.3, -0.25) is 19.3 Å². The van der Waals surface area contributed by atoms with E-state index in [0.717, 1.165) is 16.0 Å². The Balaban J connectivity index is 1.63. The molecule has 0 aromatic heterocycles. The van der Waals surface area contributed by atoms with Gasteiger partial charge in [-0.2, -0.15) is 0 Å². The van der Waals surface area contributed by atoms with Gasteiger partial charge in [0.15, 0.2) is 17.6 Å². The van der Waals surface area contributed by atoms with Gasteiger partial charge >= 0.3 is 0 Å². The molecule has 0 radical (unpaired) electrons. The van der Waals surface area contributed by atoms with Crippen LogP contribution in [0.5, 0.6) is 0 Å². The zero-order chi connectivity index (χ0) is 25.6. The molecular weight excluding hydrogens is 454 g/mol. The topological polar surface area (TPSA) is 77.9 Å². The van der Waals surface area contributed by atoms with Crippen molar-refractivity contribution < 1.29 is 28.3 Å². The summed E-state index contributed by atoms with van der Waals surface area (Å²) < 4.78 is 26.7. The second kappa shape index (κ2) is 11.3. The van der Waals surface area contributed by atoms with E-state index in [1.807, 2.05) is 24.3 Å². The number of carbonyl (C=O) groups is 3. The molecule has 2 aromatic carbocycles. The number of halogens is 2. The highest BCUT2D eigenvalue weighted by atomic mass is 19.3. The third-order valence-corrected chi connectivity index (χ3v) is 5.91. The minimum absolute atomic E-state index is 0.0672. The van der Waals surface area contributed by atoms with Gasteiger partial charge in [0.1, 0.15) is 6.61 Å². The van der Waals surface area contributed by atoms with E-state index in [2.05, 4.69) is 11.8 Å². The summed E-state index contributed by atoms with van der Waals surface area (Å²) >= 11 is 0. The number of likely N-dealkylation sites (N-methyl/N-ethyl adjacent to an activating group) is 1. The number of likely N-dealkylation sites (tertiary alicyclic amines) is 1. The van der Waals surface area contributed by atoms with Crippen molar-refractivity contribution >= 4 is 17.5 Å². The Morgan fingerprint density at radius 1 is 1.03 bits per heavy atom. The number of carbonyl (C=O) groups excluding carboxylic acids is 3. The van der Waals surface area contributed by atoms with E-state index in [0.29, 0.717) is 18.7 Å². The van der Waals surface area contributed by atoms with E-state index in [4.69, 9.17) is 5.11 Å². The molecule has 1 saturated heterocycles. The van der Waals surface area contributed by atoms with Crippen molar-refractivity contribution in [3.05, 3.63) is 70.8 Å². The highest BCUT2D eigenvalue weighted by molar-refractivity contribution is 6.10. The maximum absolute atomic E-state index is 13.3. The smallest absolute Gasteiger partial charge is 0.261 e. The van der Waals surface area contributed by atoms with E-state index in [9.17, 15) is 23.2 Å². The van der Waals surface area contributed by atoms with Gasteiger partial charge in [0.2, 0.25) is 0 Å². The first kappa shape index (κ1) is 26.2. The highest BCUT2D eigenvalue weighted by Crippen LogP contribution is 2.27. The van der Waals surface area contributed by atoms with E-state index < -0.39 is 36.0 Å². The normalized spacial score (nSPS) is 15.7. The van der Waals surface area contributed by atoms with Crippen LogP contribution in [0, 0.1) is 11.8 Å². The van der Waals surface area contributed by atoms with Crippen LogP contribution in [-0.2, 0) is 16.1 Å². The summed E-state index contributed by atoms with van der Waals surface area (Å²) in [6.45, 7) is 1.42. The minimum atomic E-state index is -2.60. The lowest BCUT2D eigenvalue weighted by molar-refractivity contribution is -0.134. The van der Waals surface area contributed by atoms with Gasteiger partial charge in [-0.25, -0.2) is 8.78 Å². The SMILES string of the molecule is CCC(=O)C(C(=O)CO)N(C)C(=O)c1ccc(C#Cc2ccc(CN3CCC(F)(F)C3)cc2)cc1. The number of alkyl halides is 2. The number of nitrogens with zero attached hydrogens (tertiary/aromatic N) is 2. The maximum Gasteiger partial charge on any atom is 0.261 e. The molecular formula is C27H28F2N2O4. The van der Waals surface area contributed by atoms with Gasteiger partial charge in [-0.05, 0) is 42.0 Å². The van der Waals surface area contributed by atoms with Crippen molar-refractivity contribution in [2.45, 2.75) is 38.3 Å². The number of benzene rings is 2. The fourth-order valence-electron chi connectivity index (χ4n) is 3.95. The Morgan fingerprint density at radius 2 is 1.60 bits per heavy atom. The van der Waals surface area contributed by atoms with Crippen LogP contribution in [0.1, 0.15) is 46.8 Å². The molecule has 8 heteroatoms. The third-order valence-electron chi connectivity index (χ3n) is 5.91. The fraction of sp³-hybridized carbons (Fsp3) is 0.370. The van der Waals surface area contributed by atoms with Gasteiger partial charge in [0, 0.05) is 49.7 Å². The first-order valence-electron chi connectivity index (χ1n) is 11.4. The van der Waals surface area contributed by atoms with Gasteiger partial charge in [0.25, 0.3) is 11.8 Å². The highest BCUT2D eigenvalue weighted by Gasteiger charge is 2.37. The van der Waals surface area contributed by atoms with Gasteiger partial charge in [-0.15, -0.1) is 0 Å². The molecule has 6 nitrogen and oxygen atoms in total. The van der Waals surface area contributed by atoms with E-state index >= 15 is 0 Å². The largest absolute Gasteiger partial charge is 0.388 e. The van der Waals surface area contributed by atoms with Crippen LogP contribution < -0.4 is 0 Å². The molecule has 1 fully saturated rings. The maximum atomic E-state index is 13.3. The fourth-order valence-corrected chi connectivity index (χ4v) is 3.95. The molecule has 1 aliphatic heterocycles. The minimum Gasteiger partial charge on any atom is -0.388 e. The standard InChI is InChI=1S/C27H28F2N2O4/c1-3-23(33)25(24(34)17-32)30(2)26(35)22-12-10-20(11-13-22)5-4-19-6-8-21(9-7-19)16-31-15-14-27(28,29)18-31/h6-13,25,32H,3,14-18H2,1-2H3.